The Morgan fingerprint density at radius 3 is 3.00 bits per heavy atom. The van der Waals surface area contributed by atoms with E-state index in [1.807, 2.05) is 17.9 Å². The Bertz CT molecular complexity index is 294. The van der Waals surface area contributed by atoms with Crippen LogP contribution in [0.25, 0.3) is 0 Å². The summed E-state index contributed by atoms with van der Waals surface area (Å²) in [5.74, 6) is 1.21. The topological polar surface area (TPSA) is 47.1 Å². The molecule has 2 heterocycles. The Morgan fingerprint density at radius 2 is 2.29 bits per heavy atom. The van der Waals surface area contributed by atoms with Gasteiger partial charge in [-0.2, -0.15) is 5.10 Å². The molecule has 0 aromatic carbocycles. The van der Waals surface area contributed by atoms with E-state index in [9.17, 15) is 0 Å². The molecule has 1 aliphatic heterocycles. The Labute approximate surface area is 84.7 Å². The van der Waals surface area contributed by atoms with Gasteiger partial charge in [-0.25, -0.2) is 0 Å². The molecule has 1 fully saturated rings. The predicted molar refractivity (Wildman–Crippen MR) is 57.2 cm³/mol. The Hall–Kier alpha value is -1.03. The standard InChI is InChI=1S/C10H18N4/c1-13-10(4-6-12-13)14-7-2-3-9(11)5-8-14/h4,6,9H,2-3,5,7-8,11H2,1H3/t9-/m0/s1. The first kappa shape index (κ1) is 9.52. The Morgan fingerprint density at radius 1 is 1.43 bits per heavy atom. The lowest BCUT2D eigenvalue weighted by Crippen LogP contribution is -2.27. The molecule has 1 saturated heterocycles. The zero-order valence-electron chi connectivity index (χ0n) is 8.69. The van der Waals surface area contributed by atoms with Crippen molar-refractivity contribution >= 4 is 5.82 Å². The van der Waals surface area contributed by atoms with Crippen molar-refractivity contribution < 1.29 is 0 Å². The Balaban J connectivity index is 2.08. The smallest absolute Gasteiger partial charge is 0.126 e. The summed E-state index contributed by atoms with van der Waals surface area (Å²) in [6, 6.07) is 2.45. The van der Waals surface area contributed by atoms with E-state index in [2.05, 4.69) is 16.1 Å². The van der Waals surface area contributed by atoms with Gasteiger partial charge in [-0.3, -0.25) is 4.68 Å². The van der Waals surface area contributed by atoms with Gasteiger partial charge < -0.3 is 10.6 Å². The lowest BCUT2D eigenvalue weighted by atomic mass is 10.1. The van der Waals surface area contributed by atoms with E-state index >= 15 is 0 Å². The zero-order valence-corrected chi connectivity index (χ0v) is 8.69. The summed E-state index contributed by atoms with van der Waals surface area (Å²) in [6.07, 6.45) is 5.27. The molecule has 0 aliphatic carbocycles. The first-order chi connectivity index (χ1) is 6.77. The van der Waals surface area contributed by atoms with Crippen molar-refractivity contribution in [2.24, 2.45) is 12.8 Å². The summed E-state index contributed by atoms with van der Waals surface area (Å²) in [5.41, 5.74) is 5.94. The third-order valence-corrected chi connectivity index (χ3v) is 2.89. The molecule has 0 unspecified atom stereocenters. The zero-order chi connectivity index (χ0) is 9.97. The van der Waals surface area contributed by atoms with Crippen LogP contribution in [0, 0.1) is 0 Å². The van der Waals surface area contributed by atoms with Crippen LogP contribution in [0.15, 0.2) is 12.3 Å². The maximum atomic E-state index is 5.94. The van der Waals surface area contributed by atoms with Gasteiger partial charge in [0.25, 0.3) is 0 Å². The van der Waals surface area contributed by atoms with Crippen molar-refractivity contribution in [2.75, 3.05) is 18.0 Å². The second-order valence-electron chi connectivity index (χ2n) is 3.99. The minimum atomic E-state index is 0.383. The molecule has 0 radical (unpaired) electrons. The van der Waals surface area contributed by atoms with Crippen molar-refractivity contribution in [3.63, 3.8) is 0 Å². The Kier molecular flexibility index (Phi) is 2.72. The summed E-state index contributed by atoms with van der Waals surface area (Å²) >= 11 is 0. The van der Waals surface area contributed by atoms with Crippen LogP contribution in [-0.2, 0) is 7.05 Å². The minimum absolute atomic E-state index is 0.383. The average molecular weight is 194 g/mol. The second kappa shape index (κ2) is 4.00. The monoisotopic (exact) mass is 194 g/mol. The molecule has 2 rings (SSSR count). The van der Waals surface area contributed by atoms with Crippen molar-refractivity contribution in [3.05, 3.63) is 12.3 Å². The van der Waals surface area contributed by atoms with Crippen molar-refractivity contribution in [2.45, 2.75) is 25.3 Å². The summed E-state index contributed by atoms with van der Waals surface area (Å²) < 4.78 is 1.93. The molecule has 0 saturated carbocycles. The highest BCUT2D eigenvalue weighted by molar-refractivity contribution is 5.38. The molecular weight excluding hydrogens is 176 g/mol. The molecule has 4 nitrogen and oxygen atoms in total. The van der Waals surface area contributed by atoms with Crippen LogP contribution in [-0.4, -0.2) is 28.9 Å². The molecule has 1 aliphatic rings. The van der Waals surface area contributed by atoms with E-state index in [4.69, 9.17) is 5.73 Å². The average Bonchev–Trinajstić information content (AvgIpc) is 2.46. The summed E-state index contributed by atoms with van der Waals surface area (Å²) in [7, 11) is 1.99. The maximum absolute atomic E-state index is 5.94. The highest BCUT2D eigenvalue weighted by Gasteiger charge is 2.15. The molecule has 2 N–H and O–H groups in total. The van der Waals surface area contributed by atoms with E-state index in [0.717, 1.165) is 25.9 Å². The van der Waals surface area contributed by atoms with E-state index in [1.165, 1.54) is 12.2 Å². The van der Waals surface area contributed by atoms with Crippen molar-refractivity contribution in [1.82, 2.24) is 9.78 Å². The molecule has 4 heteroatoms. The molecule has 14 heavy (non-hydrogen) atoms. The maximum Gasteiger partial charge on any atom is 0.126 e. The van der Waals surface area contributed by atoms with Crippen LogP contribution >= 0.6 is 0 Å². The van der Waals surface area contributed by atoms with Crippen LogP contribution in [0.5, 0.6) is 0 Å². The number of aryl methyl sites for hydroxylation is 1. The number of hydrogen-bond acceptors (Lipinski definition) is 3. The van der Waals surface area contributed by atoms with Gasteiger partial charge in [0.05, 0.1) is 6.20 Å². The summed E-state index contributed by atoms with van der Waals surface area (Å²) in [5, 5.41) is 4.19. The number of nitrogens with zero attached hydrogens (tertiary/aromatic N) is 3. The van der Waals surface area contributed by atoms with Crippen LogP contribution in [0.2, 0.25) is 0 Å². The fourth-order valence-electron chi connectivity index (χ4n) is 2.03. The molecule has 78 valence electrons. The highest BCUT2D eigenvalue weighted by atomic mass is 15.4. The highest BCUT2D eigenvalue weighted by Crippen LogP contribution is 2.17. The van der Waals surface area contributed by atoms with Gasteiger partial charge in [0, 0.05) is 32.2 Å². The van der Waals surface area contributed by atoms with E-state index in [-0.39, 0.29) is 0 Å². The first-order valence-electron chi connectivity index (χ1n) is 5.26. The fourth-order valence-corrected chi connectivity index (χ4v) is 2.03. The second-order valence-corrected chi connectivity index (χ2v) is 3.99. The molecule has 1 aromatic rings. The normalized spacial score (nSPS) is 23.6. The van der Waals surface area contributed by atoms with E-state index in [0.29, 0.717) is 6.04 Å². The molecule has 0 amide bonds. The third kappa shape index (κ3) is 1.90. The van der Waals surface area contributed by atoms with E-state index < -0.39 is 0 Å². The SMILES string of the molecule is Cn1nccc1N1CCC[C@H](N)CC1. The third-order valence-electron chi connectivity index (χ3n) is 2.89. The van der Waals surface area contributed by atoms with Gasteiger partial charge >= 0.3 is 0 Å². The number of aromatic nitrogens is 2. The molecule has 0 bridgehead atoms. The van der Waals surface area contributed by atoms with Crippen molar-refractivity contribution in [1.29, 1.82) is 0 Å². The lowest BCUT2D eigenvalue weighted by molar-refractivity contribution is 0.601. The largest absolute Gasteiger partial charge is 0.357 e. The van der Waals surface area contributed by atoms with Gasteiger partial charge in [-0.15, -0.1) is 0 Å². The van der Waals surface area contributed by atoms with E-state index in [1.54, 1.807) is 0 Å². The number of hydrogen-bond donors (Lipinski definition) is 1. The lowest BCUT2D eigenvalue weighted by Gasteiger charge is -2.22. The summed E-state index contributed by atoms with van der Waals surface area (Å²) in [4.78, 5) is 2.37. The van der Waals surface area contributed by atoms with Gasteiger partial charge in [-0.1, -0.05) is 0 Å². The molecule has 1 atom stereocenters. The first-order valence-corrected chi connectivity index (χ1v) is 5.26. The van der Waals surface area contributed by atoms with Crippen LogP contribution in [0.3, 0.4) is 0 Å². The number of anilines is 1. The summed E-state index contributed by atoms with van der Waals surface area (Å²) in [6.45, 7) is 2.16. The van der Waals surface area contributed by atoms with Gasteiger partial charge in [0.15, 0.2) is 0 Å². The van der Waals surface area contributed by atoms with Crippen LogP contribution in [0.1, 0.15) is 19.3 Å². The van der Waals surface area contributed by atoms with Gasteiger partial charge in [0.1, 0.15) is 5.82 Å². The fraction of sp³-hybridized carbons (Fsp3) is 0.700. The van der Waals surface area contributed by atoms with Gasteiger partial charge in [-0.05, 0) is 19.3 Å². The molecule has 0 spiro atoms. The predicted octanol–water partition coefficient (Wildman–Crippen LogP) is 0.738. The quantitative estimate of drug-likeness (QED) is 0.717. The minimum Gasteiger partial charge on any atom is -0.357 e. The van der Waals surface area contributed by atoms with Crippen molar-refractivity contribution in [3.8, 4) is 0 Å². The van der Waals surface area contributed by atoms with Gasteiger partial charge in [0.2, 0.25) is 0 Å². The van der Waals surface area contributed by atoms with Crippen LogP contribution < -0.4 is 10.6 Å². The molecule has 1 aromatic heterocycles. The molecular formula is C10H18N4. The number of nitrogens with two attached hydrogens (primary N) is 1. The van der Waals surface area contributed by atoms with Crippen LogP contribution in [0.4, 0.5) is 5.82 Å². The number of rotatable bonds is 1.